The van der Waals surface area contributed by atoms with Crippen molar-refractivity contribution < 1.29 is 13.9 Å². The summed E-state index contributed by atoms with van der Waals surface area (Å²) in [6.07, 6.45) is 0. The predicted molar refractivity (Wildman–Crippen MR) is 103 cm³/mol. The van der Waals surface area contributed by atoms with Crippen LogP contribution in [0.3, 0.4) is 0 Å². The van der Waals surface area contributed by atoms with E-state index in [2.05, 4.69) is 10.3 Å². The number of nitrogens with zero attached hydrogens (tertiary/aromatic N) is 2. The highest BCUT2D eigenvalue weighted by Crippen LogP contribution is 2.23. The molecule has 1 N–H and O–H groups in total. The van der Waals surface area contributed by atoms with Crippen LogP contribution < -0.4 is 10.1 Å². The summed E-state index contributed by atoms with van der Waals surface area (Å²) < 4.78 is 18.4. The third-order valence-electron chi connectivity index (χ3n) is 4.48. The quantitative estimate of drug-likeness (QED) is 0.725. The number of rotatable bonds is 6. The van der Waals surface area contributed by atoms with Crippen LogP contribution in [0.25, 0.3) is 10.9 Å². The van der Waals surface area contributed by atoms with Crippen molar-refractivity contribution in [3.63, 3.8) is 0 Å². The number of aromatic nitrogens is 1. The second-order valence-electron chi connectivity index (χ2n) is 6.47. The minimum Gasteiger partial charge on any atom is -0.481 e. The molecule has 1 aromatic heterocycles. The molecule has 1 atom stereocenters. The number of hydrogen-bond donors (Lipinski definition) is 1. The van der Waals surface area contributed by atoms with Crippen LogP contribution in [0, 0.1) is 5.82 Å². The molecule has 0 aliphatic carbocycles. The Balaban J connectivity index is 1.84. The van der Waals surface area contributed by atoms with E-state index in [0.717, 1.165) is 10.9 Å². The molecule has 0 radical (unpaired) electrons. The Hall–Kier alpha value is -2.99. The molecule has 3 rings (SSSR count). The summed E-state index contributed by atoms with van der Waals surface area (Å²) in [6, 6.07) is 15.3. The first-order valence-electron chi connectivity index (χ1n) is 8.63. The zero-order valence-corrected chi connectivity index (χ0v) is 15.6. The molecule has 0 bridgehead atoms. The summed E-state index contributed by atoms with van der Waals surface area (Å²) in [5.74, 6) is -0.0990. The van der Waals surface area contributed by atoms with Gasteiger partial charge in [0.2, 0.25) is 5.88 Å². The lowest BCUT2D eigenvalue weighted by Crippen LogP contribution is -2.34. The van der Waals surface area contributed by atoms with E-state index in [1.165, 1.54) is 19.2 Å². The van der Waals surface area contributed by atoms with Crippen molar-refractivity contribution in [3.8, 4) is 5.88 Å². The second kappa shape index (κ2) is 8.14. The Morgan fingerprint density at radius 2 is 1.89 bits per heavy atom. The Labute approximate surface area is 157 Å². The van der Waals surface area contributed by atoms with E-state index in [9.17, 15) is 9.18 Å². The third-order valence-corrected chi connectivity index (χ3v) is 4.48. The first-order chi connectivity index (χ1) is 13.0. The van der Waals surface area contributed by atoms with E-state index in [1.54, 1.807) is 18.2 Å². The molecule has 1 heterocycles. The predicted octanol–water partition coefficient (Wildman–Crippen LogP) is 3.42. The number of nitrogens with one attached hydrogen (secondary N) is 1. The van der Waals surface area contributed by atoms with Crippen molar-refractivity contribution in [2.75, 3.05) is 27.7 Å². The molecule has 0 spiro atoms. The molecule has 140 valence electrons. The Bertz CT molecular complexity index is 942. The van der Waals surface area contributed by atoms with E-state index < -0.39 is 0 Å². The fourth-order valence-electron chi connectivity index (χ4n) is 3.01. The summed E-state index contributed by atoms with van der Waals surface area (Å²) in [5.41, 5.74) is 2.14. The lowest BCUT2D eigenvalue weighted by atomic mass is 10.0. The lowest BCUT2D eigenvalue weighted by Gasteiger charge is -2.25. The summed E-state index contributed by atoms with van der Waals surface area (Å²) in [6.45, 7) is 0.385. The highest BCUT2D eigenvalue weighted by molar-refractivity contribution is 6.06. The minimum absolute atomic E-state index is 0.0791. The van der Waals surface area contributed by atoms with Gasteiger partial charge in [0.05, 0.1) is 24.2 Å². The maximum Gasteiger partial charge on any atom is 0.252 e. The number of carbonyl (C=O) groups excluding carboxylic acids is 1. The minimum atomic E-state index is -0.282. The molecule has 0 unspecified atom stereocenters. The Morgan fingerprint density at radius 3 is 2.56 bits per heavy atom. The molecule has 0 fully saturated rings. The SMILES string of the molecule is COc1cc(C(=O)NC[C@H](c2ccc(F)cc2)N(C)C)c2ccccc2n1. The number of methoxy groups -OCH3 is 1. The van der Waals surface area contributed by atoms with E-state index >= 15 is 0 Å². The number of hydrogen-bond acceptors (Lipinski definition) is 4. The zero-order chi connectivity index (χ0) is 19.4. The van der Waals surface area contributed by atoms with Crippen LogP contribution >= 0.6 is 0 Å². The normalized spacial score (nSPS) is 12.2. The van der Waals surface area contributed by atoms with Gasteiger partial charge in [0.15, 0.2) is 0 Å². The number of benzene rings is 2. The number of fused-ring (bicyclic) bond motifs is 1. The zero-order valence-electron chi connectivity index (χ0n) is 15.6. The average molecular weight is 367 g/mol. The largest absolute Gasteiger partial charge is 0.481 e. The van der Waals surface area contributed by atoms with Crippen LogP contribution in [-0.4, -0.2) is 43.5 Å². The fraction of sp³-hybridized carbons (Fsp3) is 0.238. The van der Waals surface area contributed by atoms with Gasteiger partial charge in [0.25, 0.3) is 5.91 Å². The number of halogens is 1. The van der Waals surface area contributed by atoms with Crippen LogP contribution in [0.2, 0.25) is 0 Å². The number of carbonyl (C=O) groups is 1. The van der Waals surface area contributed by atoms with Crippen molar-refractivity contribution in [1.82, 2.24) is 15.2 Å². The van der Waals surface area contributed by atoms with Gasteiger partial charge in [0, 0.05) is 18.0 Å². The van der Waals surface area contributed by atoms with Gasteiger partial charge in [0.1, 0.15) is 5.82 Å². The van der Waals surface area contributed by atoms with Crippen LogP contribution in [0.1, 0.15) is 22.0 Å². The summed E-state index contributed by atoms with van der Waals surface area (Å²) >= 11 is 0. The van der Waals surface area contributed by atoms with Gasteiger partial charge < -0.3 is 15.0 Å². The van der Waals surface area contributed by atoms with Gasteiger partial charge in [-0.25, -0.2) is 9.37 Å². The van der Waals surface area contributed by atoms with Crippen LogP contribution in [0.4, 0.5) is 4.39 Å². The van der Waals surface area contributed by atoms with Gasteiger partial charge >= 0.3 is 0 Å². The molecule has 5 nitrogen and oxygen atoms in total. The van der Waals surface area contributed by atoms with Gasteiger partial charge in [-0.2, -0.15) is 0 Å². The molecule has 3 aromatic rings. The smallest absolute Gasteiger partial charge is 0.252 e. The molecule has 6 heteroatoms. The maximum atomic E-state index is 13.2. The number of pyridine rings is 1. The van der Waals surface area contributed by atoms with Gasteiger partial charge in [-0.05, 0) is 37.9 Å². The van der Waals surface area contributed by atoms with Crippen molar-refractivity contribution in [1.29, 1.82) is 0 Å². The van der Waals surface area contributed by atoms with E-state index in [1.807, 2.05) is 43.3 Å². The molecule has 1 amide bonds. The molecule has 27 heavy (non-hydrogen) atoms. The maximum absolute atomic E-state index is 13.2. The summed E-state index contributed by atoms with van der Waals surface area (Å²) in [5, 5.41) is 3.74. The van der Waals surface area contributed by atoms with Gasteiger partial charge in [-0.3, -0.25) is 4.79 Å². The molecule has 0 aliphatic heterocycles. The van der Waals surface area contributed by atoms with E-state index in [0.29, 0.717) is 23.5 Å². The Kier molecular flexibility index (Phi) is 5.66. The first kappa shape index (κ1) is 18.8. The van der Waals surface area contributed by atoms with Crippen LogP contribution in [0.5, 0.6) is 5.88 Å². The van der Waals surface area contributed by atoms with Crippen molar-refractivity contribution >= 4 is 16.8 Å². The monoisotopic (exact) mass is 367 g/mol. The number of para-hydroxylation sites is 1. The van der Waals surface area contributed by atoms with Crippen LogP contribution in [0.15, 0.2) is 54.6 Å². The molecular formula is C21H22FN3O2. The van der Waals surface area contributed by atoms with E-state index in [-0.39, 0.29) is 17.8 Å². The van der Waals surface area contributed by atoms with Crippen LogP contribution in [-0.2, 0) is 0 Å². The second-order valence-corrected chi connectivity index (χ2v) is 6.47. The first-order valence-corrected chi connectivity index (χ1v) is 8.63. The summed E-state index contributed by atoms with van der Waals surface area (Å²) in [7, 11) is 5.37. The van der Waals surface area contributed by atoms with Crippen molar-refractivity contribution in [2.45, 2.75) is 6.04 Å². The average Bonchev–Trinajstić information content (AvgIpc) is 2.68. The number of likely N-dealkylation sites (N-methyl/N-ethyl adjacent to an activating group) is 1. The highest BCUT2D eigenvalue weighted by atomic mass is 19.1. The van der Waals surface area contributed by atoms with E-state index in [4.69, 9.17) is 4.74 Å². The Morgan fingerprint density at radius 1 is 1.19 bits per heavy atom. The molecule has 0 aliphatic rings. The topological polar surface area (TPSA) is 54.5 Å². The van der Waals surface area contributed by atoms with Crippen molar-refractivity contribution in [2.24, 2.45) is 0 Å². The highest BCUT2D eigenvalue weighted by Gasteiger charge is 2.18. The standard InChI is InChI=1S/C21H22FN3O2/c1-25(2)19(14-8-10-15(22)11-9-14)13-23-21(26)17-12-20(27-3)24-18-7-5-4-6-16(17)18/h4-12,19H,13H2,1-3H3,(H,23,26)/t19-/m1/s1. The molecule has 2 aromatic carbocycles. The summed E-state index contributed by atoms with van der Waals surface area (Å²) in [4.78, 5) is 19.2. The van der Waals surface area contributed by atoms with Gasteiger partial charge in [-0.15, -0.1) is 0 Å². The van der Waals surface area contributed by atoms with Gasteiger partial charge in [-0.1, -0.05) is 30.3 Å². The lowest BCUT2D eigenvalue weighted by molar-refractivity contribution is 0.0943. The molecule has 0 saturated carbocycles. The molecule has 0 saturated heterocycles. The third kappa shape index (κ3) is 4.23. The fourth-order valence-corrected chi connectivity index (χ4v) is 3.01. The number of amides is 1. The number of ether oxygens (including phenoxy) is 1. The van der Waals surface area contributed by atoms with Crippen molar-refractivity contribution in [3.05, 3.63) is 71.5 Å². The molecular weight excluding hydrogens is 345 g/mol.